The summed E-state index contributed by atoms with van der Waals surface area (Å²) in [5, 5.41) is 2.41. The second-order valence-electron chi connectivity index (χ2n) is 19.5. The Labute approximate surface area is 441 Å². The summed E-state index contributed by atoms with van der Waals surface area (Å²) in [6, 6.07) is 97.9. The molecule has 2 aromatic heterocycles. The normalized spacial score (nSPS) is 12.4. The summed E-state index contributed by atoms with van der Waals surface area (Å²) in [6.45, 7) is 0.0391. The summed E-state index contributed by atoms with van der Waals surface area (Å²) < 4.78 is 2.41. The van der Waals surface area contributed by atoms with Crippen LogP contribution in [0.1, 0.15) is 0 Å². The van der Waals surface area contributed by atoms with E-state index in [9.17, 15) is 0 Å². The van der Waals surface area contributed by atoms with Crippen molar-refractivity contribution in [3.05, 3.63) is 273 Å². The van der Waals surface area contributed by atoms with E-state index in [1.165, 1.54) is 49.9 Å². The average molecular weight is 969 g/mol. The Bertz CT molecular complexity index is 4130. The molecule has 2 aliphatic heterocycles. The topological polar surface area (TPSA) is 50.1 Å². The molecule has 0 saturated carbocycles. The minimum Gasteiger partial charge on any atom is -0.311 e. The fraction of sp³-hybridized carbons (Fsp3) is 0. The van der Waals surface area contributed by atoms with Crippen LogP contribution < -0.4 is 26.2 Å². The van der Waals surface area contributed by atoms with Crippen LogP contribution in [0.2, 0.25) is 0 Å². The maximum absolute atomic E-state index is 5.19. The van der Waals surface area contributed by atoms with E-state index in [0.717, 1.165) is 67.0 Å². The zero-order valence-corrected chi connectivity index (χ0v) is 41.2. The van der Waals surface area contributed by atoms with E-state index in [1.54, 1.807) is 0 Å². The van der Waals surface area contributed by atoms with Crippen LogP contribution in [0.4, 0.5) is 34.1 Å². The number of fused-ring (bicyclic) bond motifs is 7. The van der Waals surface area contributed by atoms with E-state index in [4.69, 9.17) is 15.0 Å². The third-order valence-electron chi connectivity index (χ3n) is 15.2. The number of hydrogen-bond donors (Lipinski definition) is 0. The maximum atomic E-state index is 5.19. The second kappa shape index (κ2) is 17.8. The lowest BCUT2D eigenvalue weighted by molar-refractivity contribution is 1.07. The molecule has 0 amide bonds. The number of hydrogen-bond acceptors (Lipinski definition) is 5. The number of nitrogens with zero attached hydrogens (tertiary/aromatic N) is 6. The molecule has 76 heavy (non-hydrogen) atoms. The van der Waals surface area contributed by atoms with Gasteiger partial charge in [0.1, 0.15) is 0 Å². The molecular formula is C69H45BN6. The first kappa shape index (κ1) is 43.5. The van der Waals surface area contributed by atoms with Gasteiger partial charge >= 0.3 is 0 Å². The second-order valence-corrected chi connectivity index (χ2v) is 19.5. The summed E-state index contributed by atoms with van der Waals surface area (Å²) in [5.74, 6) is 1.86. The molecule has 11 aromatic carbocycles. The van der Waals surface area contributed by atoms with E-state index >= 15 is 0 Å². The molecule has 0 bridgehead atoms. The van der Waals surface area contributed by atoms with Crippen molar-refractivity contribution in [3.63, 3.8) is 0 Å². The van der Waals surface area contributed by atoms with Crippen molar-refractivity contribution in [3.8, 4) is 62.1 Å². The molecule has 0 N–H and O–H groups in total. The minimum atomic E-state index is 0.0391. The standard InChI is InChI=1S/C69H45BN6/c1-5-21-48(22-6-1)67-71-68(49-23-7-2-8-24-49)73-69(72-67)50-41-42-61(76-59-33-17-13-29-54(59)55-30-14-18-34-60(55)76)56(43-50)47-39-37-46(38-40-47)51-44-64-66-65(45-51)75(53-27-11-4-12-28-53)63-36-20-16-32-58(63)70(66)57-31-15-19-35-62(57)74(64)52-25-9-3-10-26-52/h1-45H. The highest BCUT2D eigenvalue weighted by atomic mass is 15.2. The molecule has 0 spiro atoms. The van der Waals surface area contributed by atoms with E-state index < -0.39 is 0 Å². The van der Waals surface area contributed by atoms with E-state index in [1.807, 2.05) is 36.4 Å². The Morgan fingerprint density at radius 3 is 1.20 bits per heavy atom. The Kier molecular flexibility index (Phi) is 10.2. The molecule has 7 heteroatoms. The lowest BCUT2D eigenvalue weighted by Gasteiger charge is -2.44. The number of rotatable bonds is 8. The van der Waals surface area contributed by atoms with Crippen molar-refractivity contribution in [1.29, 1.82) is 0 Å². The van der Waals surface area contributed by atoms with Crippen LogP contribution in [-0.4, -0.2) is 26.2 Å². The van der Waals surface area contributed by atoms with Gasteiger partial charge in [-0.25, -0.2) is 15.0 Å². The van der Waals surface area contributed by atoms with E-state index in [-0.39, 0.29) is 6.71 Å². The fourth-order valence-electron chi connectivity index (χ4n) is 11.8. The molecule has 0 atom stereocenters. The molecule has 2 aliphatic rings. The van der Waals surface area contributed by atoms with Gasteiger partial charge in [-0.3, -0.25) is 0 Å². The summed E-state index contributed by atoms with van der Waals surface area (Å²) in [5.41, 5.74) is 21.3. The zero-order chi connectivity index (χ0) is 50.1. The Morgan fingerprint density at radius 2 is 0.684 bits per heavy atom. The average Bonchev–Trinajstić information content (AvgIpc) is 3.97. The first-order valence-corrected chi connectivity index (χ1v) is 25.9. The molecular weight excluding hydrogens is 924 g/mol. The van der Waals surface area contributed by atoms with Crippen LogP contribution in [0.5, 0.6) is 0 Å². The van der Waals surface area contributed by atoms with Crippen LogP contribution in [0.25, 0.3) is 83.9 Å². The monoisotopic (exact) mass is 968 g/mol. The van der Waals surface area contributed by atoms with Gasteiger partial charge in [0.05, 0.1) is 16.7 Å². The first-order valence-electron chi connectivity index (χ1n) is 25.9. The first-order chi connectivity index (χ1) is 37.7. The van der Waals surface area contributed by atoms with Crippen molar-refractivity contribution in [2.75, 3.05) is 9.80 Å². The largest absolute Gasteiger partial charge is 0.311 e. The molecule has 6 nitrogen and oxygen atoms in total. The molecule has 0 radical (unpaired) electrons. The maximum Gasteiger partial charge on any atom is 0.252 e. The lowest BCUT2D eigenvalue weighted by atomic mass is 9.33. The van der Waals surface area contributed by atoms with Crippen molar-refractivity contribution < 1.29 is 0 Å². The van der Waals surface area contributed by atoms with Crippen molar-refractivity contribution in [2.24, 2.45) is 0 Å². The third-order valence-corrected chi connectivity index (χ3v) is 15.2. The van der Waals surface area contributed by atoms with Gasteiger partial charge in [-0.1, -0.05) is 194 Å². The van der Waals surface area contributed by atoms with Gasteiger partial charge in [0.25, 0.3) is 6.71 Å². The summed E-state index contributed by atoms with van der Waals surface area (Å²) >= 11 is 0. The number of aromatic nitrogens is 4. The number of anilines is 6. The molecule has 0 unspecified atom stereocenters. The summed E-state index contributed by atoms with van der Waals surface area (Å²) in [7, 11) is 0. The minimum absolute atomic E-state index is 0.0391. The Balaban J connectivity index is 0.939. The highest BCUT2D eigenvalue weighted by molar-refractivity contribution is 7.00. The Morgan fingerprint density at radius 1 is 0.276 bits per heavy atom. The van der Waals surface area contributed by atoms with Gasteiger partial charge in [-0.05, 0) is 112 Å². The predicted molar refractivity (Wildman–Crippen MR) is 315 cm³/mol. The quantitative estimate of drug-likeness (QED) is 0.142. The van der Waals surface area contributed by atoms with Crippen LogP contribution in [0.15, 0.2) is 273 Å². The number of benzene rings is 11. The van der Waals surface area contributed by atoms with Crippen LogP contribution in [-0.2, 0) is 0 Å². The summed E-state index contributed by atoms with van der Waals surface area (Å²) in [6.07, 6.45) is 0. The van der Waals surface area contributed by atoms with Crippen molar-refractivity contribution in [2.45, 2.75) is 0 Å². The highest BCUT2D eigenvalue weighted by Crippen LogP contribution is 2.46. The predicted octanol–water partition coefficient (Wildman–Crippen LogP) is 15.4. The third kappa shape index (κ3) is 7.08. The fourth-order valence-corrected chi connectivity index (χ4v) is 11.8. The van der Waals surface area contributed by atoms with Gasteiger partial charge in [-0.15, -0.1) is 0 Å². The van der Waals surface area contributed by atoms with Gasteiger partial charge in [-0.2, -0.15) is 0 Å². The molecule has 0 aliphatic carbocycles. The van der Waals surface area contributed by atoms with Crippen LogP contribution >= 0.6 is 0 Å². The number of para-hydroxylation sites is 6. The molecule has 4 heterocycles. The molecule has 15 rings (SSSR count). The van der Waals surface area contributed by atoms with Crippen LogP contribution in [0.3, 0.4) is 0 Å². The SMILES string of the molecule is c1ccc(-c2nc(-c3ccccc3)nc(-c3ccc(-n4c5ccccc5c5ccccc54)c(-c4ccc(-c5cc6c7c(c5)N(c5ccccc5)c5ccccc5B7c5ccccc5N6c5ccccc5)cc4)c3)n2)cc1. The molecule has 13 aromatic rings. The Hall–Kier alpha value is -10.1. The van der Waals surface area contributed by atoms with Gasteiger partial charge in [0.15, 0.2) is 17.5 Å². The van der Waals surface area contributed by atoms with E-state index in [0.29, 0.717) is 17.5 Å². The van der Waals surface area contributed by atoms with Crippen molar-refractivity contribution in [1.82, 2.24) is 19.5 Å². The van der Waals surface area contributed by atoms with Gasteiger partial charge in [0.2, 0.25) is 0 Å². The van der Waals surface area contributed by atoms with Crippen LogP contribution in [0, 0.1) is 0 Å². The molecule has 0 saturated heterocycles. The van der Waals surface area contributed by atoms with Gasteiger partial charge < -0.3 is 14.4 Å². The lowest BCUT2D eigenvalue weighted by Crippen LogP contribution is -2.61. The van der Waals surface area contributed by atoms with Crippen molar-refractivity contribution >= 4 is 79.0 Å². The van der Waals surface area contributed by atoms with Gasteiger partial charge in [0, 0.05) is 67.2 Å². The molecule has 354 valence electrons. The smallest absolute Gasteiger partial charge is 0.252 e. The van der Waals surface area contributed by atoms with E-state index in [2.05, 4.69) is 251 Å². The highest BCUT2D eigenvalue weighted by Gasteiger charge is 2.43. The summed E-state index contributed by atoms with van der Waals surface area (Å²) in [4.78, 5) is 20.3. The zero-order valence-electron chi connectivity index (χ0n) is 41.2. The molecule has 0 fully saturated rings.